The predicted octanol–water partition coefficient (Wildman–Crippen LogP) is 4.43. The molecule has 0 unspecified atom stereocenters. The molecule has 2 nitrogen and oxygen atoms in total. The molecular formula is C14H24N2. The lowest BCUT2D eigenvalue weighted by Gasteiger charge is -2.16. The second-order valence-electron chi connectivity index (χ2n) is 4.49. The number of nitrogens with zero attached hydrogens (tertiary/aromatic N) is 2. The van der Waals surface area contributed by atoms with E-state index < -0.39 is 5.92 Å². The van der Waals surface area contributed by atoms with Crippen molar-refractivity contribution in [2.24, 2.45) is 11.8 Å². The van der Waals surface area contributed by atoms with Crippen LogP contribution in [0.5, 0.6) is 0 Å². The lowest BCUT2D eigenvalue weighted by Crippen LogP contribution is -2.11. The summed E-state index contributed by atoms with van der Waals surface area (Å²) in [6.07, 6.45) is 9.24. The summed E-state index contributed by atoms with van der Waals surface area (Å²) in [5, 5.41) is 17.9. The van der Waals surface area contributed by atoms with Crippen LogP contribution in [0.4, 0.5) is 0 Å². The third kappa shape index (κ3) is 6.46. The van der Waals surface area contributed by atoms with E-state index in [1.807, 2.05) is 0 Å². The topological polar surface area (TPSA) is 47.6 Å². The van der Waals surface area contributed by atoms with Crippen LogP contribution in [0, 0.1) is 34.5 Å². The minimum Gasteiger partial charge on any atom is -0.197 e. The van der Waals surface area contributed by atoms with Gasteiger partial charge in [-0.15, -0.1) is 0 Å². The molecule has 2 heteroatoms. The normalized spacial score (nSPS) is 10.4. The molecule has 0 heterocycles. The Kier molecular flexibility index (Phi) is 9.83. The Labute approximate surface area is 100 Å². The number of hydrogen-bond donors (Lipinski definition) is 0. The maximum absolute atomic E-state index is 8.94. The lowest BCUT2D eigenvalue weighted by atomic mass is 9.85. The molecule has 0 aromatic rings. The molecule has 0 aromatic heterocycles. The molecule has 0 radical (unpaired) electrons. The molecule has 16 heavy (non-hydrogen) atoms. The highest BCUT2D eigenvalue weighted by Gasteiger charge is 2.19. The van der Waals surface area contributed by atoms with E-state index in [1.165, 1.54) is 25.7 Å². The zero-order valence-electron chi connectivity index (χ0n) is 10.7. The Morgan fingerprint density at radius 2 is 1.25 bits per heavy atom. The maximum Gasteiger partial charge on any atom is 0.136 e. The van der Waals surface area contributed by atoms with E-state index in [9.17, 15) is 0 Å². The van der Waals surface area contributed by atoms with Crippen molar-refractivity contribution in [2.45, 2.75) is 65.2 Å². The van der Waals surface area contributed by atoms with Gasteiger partial charge in [-0.1, -0.05) is 52.4 Å². The van der Waals surface area contributed by atoms with Crippen molar-refractivity contribution in [1.82, 2.24) is 0 Å². The van der Waals surface area contributed by atoms with Crippen LogP contribution in [-0.2, 0) is 0 Å². The smallest absolute Gasteiger partial charge is 0.136 e. The summed E-state index contributed by atoms with van der Waals surface area (Å²) in [4.78, 5) is 0. The van der Waals surface area contributed by atoms with E-state index >= 15 is 0 Å². The minimum atomic E-state index is -0.395. The van der Waals surface area contributed by atoms with Gasteiger partial charge in [0.25, 0.3) is 0 Å². The molecular weight excluding hydrogens is 196 g/mol. The van der Waals surface area contributed by atoms with E-state index in [4.69, 9.17) is 10.5 Å². The van der Waals surface area contributed by atoms with E-state index in [1.54, 1.807) is 0 Å². The van der Waals surface area contributed by atoms with Crippen molar-refractivity contribution in [3.8, 4) is 12.1 Å². The Balaban J connectivity index is 4.06. The first kappa shape index (κ1) is 15.0. The summed E-state index contributed by atoms with van der Waals surface area (Å²) in [5.41, 5.74) is 0. The first-order valence-electron chi connectivity index (χ1n) is 6.59. The summed E-state index contributed by atoms with van der Waals surface area (Å²) in [6, 6.07) is 4.29. The molecule has 0 rings (SSSR count). The molecule has 0 N–H and O–H groups in total. The zero-order chi connectivity index (χ0) is 12.2. The highest BCUT2D eigenvalue weighted by Crippen LogP contribution is 2.24. The number of hydrogen-bond acceptors (Lipinski definition) is 2. The standard InChI is InChI=1S/C14H24N2/c1-3-5-7-9-13(10-8-6-4-2)14(11-15)12-16/h13-14H,3-10H2,1-2H3. The molecule has 0 saturated carbocycles. The monoisotopic (exact) mass is 220 g/mol. The molecule has 0 aliphatic rings. The second-order valence-corrected chi connectivity index (χ2v) is 4.49. The van der Waals surface area contributed by atoms with Crippen LogP contribution in [-0.4, -0.2) is 0 Å². The quantitative estimate of drug-likeness (QED) is 0.540. The molecule has 0 bridgehead atoms. The van der Waals surface area contributed by atoms with E-state index in [-0.39, 0.29) is 0 Å². The van der Waals surface area contributed by atoms with Crippen LogP contribution in [0.1, 0.15) is 65.2 Å². The largest absolute Gasteiger partial charge is 0.197 e. The van der Waals surface area contributed by atoms with E-state index in [2.05, 4.69) is 26.0 Å². The summed E-state index contributed by atoms with van der Waals surface area (Å²) < 4.78 is 0. The predicted molar refractivity (Wildman–Crippen MR) is 66.5 cm³/mol. The van der Waals surface area contributed by atoms with Crippen molar-refractivity contribution < 1.29 is 0 Å². The van der Waals surface area contributed by atoms with Gasteiger partial charge < -0.3 is 0 Å². The minimum absolute atomic E-state index is 0.299. The Morgan fingerprint density at radius 3 is 1.56 bits per heavy atom. The zero-order valence-corrected chi connectivity index (χ0v) is 10.7. The van der Waals surface area contributed by atoms with Crippen LogP contribution >= 0.6 is 0 Å². The van der Waals surface area contributed by atoms with Gasteiger partial charge in [-0.2, -0.15) is 10.5 Å². The molecule has 0 aliphatic heterocycles. The fraction of sp³-hybridized carbons (Fsp3) is 0.857. The Morgan fingerprint density at radius 1 is 0.812 bits per heavy atom. The molecule has 90 valence electrons. The van der Waals surface area contributed by atoms with Gasteiger partial charge in [0.1, 0.15) is 5.92 Å². The number of nitriles is 2. The number of unbranched alkanes of at least 4 members (excludes halogenated alkanes) is 4. The van der Waals surface area contributed by atoms with Crippen LogP contribution in [0.25, 0.3) is 0 Å². The Bertz CT molecular complexity index is 210. The Hall–Kier alpha value is -1.02. The highest BCUT2D eigenvalue weighted by molar-refractivity contribution is 5.02. The van der Waals surface area contributed by atoms with Gasteiger partial charge in [0.05, 0.1) is 12.1 Å². The van der Waals surface area contributed by atoms with E-state index in [0.29, 0.717) is 5.92 Å². The second kappa shape index (κ2) is 10.5. The summed E-state index contributed by atoms with van der Waals surface area (Å²) in [6.45, 7) is 4.36. The van der Waals surface area contributed by atoms with Crippen molar-refractivity contribution >= 4 is 0 Å². The molecule has 0 aromatic carbocycles. The molecule has 0 saturated heterocycles. The lowest BCUT2D eigenvalue weighted by molar-refractivity contribution is 0.372. The number of rotatable bonds is 9. The van der Waals surface area contributed by atoms with Gasteiger partial charge in [0.2, 0.25) is 0 Å². The van der Waals surface area contributed by atoms with Gasteiger partial charge in [-0.25, -0.2) is 0 Å². The van der Waals surface area contributed by atoms with Gasteiger partial charge in [-0.3, -0.25) is 0 Å². The average Bonchev–Trinajstić information content (AvgIpc) is 2.30. The molecule has 0 aliphatic carbocycles. The van der Waals surface area contributed by atoms with Crippen LogP contribution in [0.15, 0.2) is 0 Å². The third-order valence-electron chi connectivity index (χ3n) is 3.11. The average molecular weight is 220 g/mol. The van der Waals surface area contributed by atoms with Crippen molar-refractivity contribution in [3.63, 3.8) is 0 Å². The van der Waals surface area contributed by atoms with Gasteiger partial charge in [-0.05, 0) is 18.8 Å². The van der Waals surface area contributed by atoms with E-state index in [0.717, 1.165) is 25.7 Å². The molecule has 0 atom stereocenters. The van der Waals surface area contributed by atoms with Crippen LogP contribution in [0.3, 0.4) is 0 Å². The first-order valence-corrected chi connectivity index (χ1v) is 6.59. The molecule has 0 amide bonds. The van der Waals surface area contributed by atoms with Gasteiger partial charge in [0.15, 0.2) is 0 Å². The van der Waals surface area contributed by atoms with Crippen molar-refractivity contribution in [3.05, 3.63) is 0 Å². The van der Waals surface area contributed by atoms with Crippen LogP contribution in [0.2, 0.25) is 0 Å². The third-order valence-corrected chi connectivity index (χ3v) is 3.11. The molecule has 0 spiro atoms. The first-order chi connectivity index (χ1) is 7.79. The van der Waals surface area contributed by atoms with Crippen molar-refractivity contribution in [2.75, 3.05) is 0 Å². The highest BCUT2D eigenvalue weighted by atomic mass is 14.3. The SMILES string of the molecule is CCCCCC(CCCCC)C(C#N)C#N. The molecule has 0 fully saturated rings. The summed E-state index contributed by atoms with van der Waals surface area (Å²) in [5.74, 6) is -0.0955. The maximum atomic E-state index is 8.94. The van der Waals surface area contributed by atoms with Crippen molar-refractivity contribution in [1.29, 1.82) is 10.5 Å². The summed E-state index contributed by atoms with van der Waals surface area (Å²) in [7, 11) is 0. The van der Waals surface area contributed by atoms with Gasteiger partial charge in [0, 0.05) is 0 Å². The summed E-state index contributed by atoms with van der Waals surface area (Å²) >= 11 is 0. The fourth-order valence-corrected chi connectivity index (χ4v) is 2.03. The fourth-order valence-electron chi connectivity index (χ4n) is 2.03. The van der Waals surface area contributed by atoms with Crippen LogP contribution < -0.4 is 0 Å². The van der Waals surface area contributed by atoms with Gasteiger partial charge >= 0.3 is 0 Å².